The van der Waals surface area contributed by atoms with Gasteiger partial charge in [-0.15, -0.1) is 0 Å². The number of carbonyl (C=O) groups excluding carboxylic acids is 2. The number of hydrazone groups is 1. The van der Waals surface area contributed by atoms with E-state index in [-0.39, 0.29) is 0 Å². The van der Waals surface area contributed by atoms with E-state index in [0.29, 0.717) is 34.8 Å². The molecule has 174 valence electrons. The second kappa shape index (κ2) is 11.8. The maximum atomic E-state index is 12.9. The van der Waals surface area contributed by atoms with Gasteiger partial charge in [-0.2, -0.15) is 5.10 Å². The van der Waals surface area contributed by atoms with Crippen LogP contribution in [0.15, 0.2) is 113 Å². The third-order valence-electron chi connectivity index (χ3n) is 4.92. The van der Waals surface area contributed by atoms with E-state index in [4.69, 9.17) is 9.47 Å². The van der Waals surface area contributed by atoms with Crippen molar-refractivity contribution in [2.45, 2.75) is 6.61 Å². The predicted molar refractivity (Wildman–Crippen MR) is 138 cm³/mol. The van der Waals surface area contributed by atoms with Gasteiger partial charge in [-0.05, 0) is 48.0 Å². The Hall–Kier alpha value is -4.23. The first-order valence-electron chi connectivity index (χ1n) is 10.8. The summed E-state index contributed by atoms with van der Waals surface area (Å²) in [5, 5.41) is 4.06. The highest BCUT2D eigenvalue weighted by molar-refractivity contribution is 9.10. The Kier molecular flexibility index (Phi) is 8.04. The summed E-state index contributed by atoms with van der Waals surface area (Å²) in [6, 6.07) is 30.5. The van der Waals surface area contributed by atoms with Crippen LogP contribution in [0.25, 0.3) is 0 Å². The minimum atomic E-state index is -0.482. The Bertz CT molecular complexity index is 1340. The Morgan fingerprint density at radius 2 is 1.51 bits per heavy atom. The molecule has 0 aromatic heterocycles. The summed E-state index contributed by atoms with van der Waals surface area (Å²) >= 11 is 3.39. The predicted octanol–water partition coefficient (Wildman–Crippen LogP) is 6.01. The largest absolute Gasteiger partial charge is 0.488 e. The first-order valence-corrected chi connectivity index (χ1v) is 11.6. The van der Waals surface area contributed by atoms with Crippen LogP contribution in [-0.2, 0) is 6.61 Å². The number of ether oxygens (including phenoxy) is 2. The van der Waals surface area contributed by atoms with Crippen molar-refractivity contribution >= 4 is 34.0 Å². The third kappa shape index (κ3) is 6.65. The number of para-hydroxylation sites is 1. The Morgan fingerprint density at radius 3 is 2.29 bits per heavy atom. The van der Waals surface area contributed by atoms with E-state index in [1.54, 1.807) is 66.7 Å². The molecule has 4 rings (SSSR count). The Balaban J connectivity index is 1.44. The summed E-state index contributed by atoms with van der Waals surface area (Å²) in [5.74, 6) is -0.162. The fraction of sp³-hybridized carbons (Fsp3) is 0.0357. The second-order valence-electron chi connectivity index (χ2n) is 7.41. The van der Waals surface area contributed by atoms with E-state index in [1.807, 2.05) is 36.4 Å². The number of nitrogens with one attached hydrogen (secondary N) is 1. The molecule has 0 bridgehead atoms. The number of benzene rings is 4. The molecule has 0 aliphatic carbocycles. The molecule has 0 heterocycles. The number of amides is 1. The molecular formula is C28H21BrN2O4. The van der Waals surface area contributed by atoms with Crippen LogP contribution in [0.5, 0.6) is 11.5 Å². The number of halogens is 1. The summed E-state index contributed by atoms with van der Waals surface area (Å²) in [6.45, 7) is 0.326. The van der Waals surface area contributed by atoms with Crippen LogP contribution in [0.2, 0.25) is 0 Å². The minimum absolute atomic E-state index is 0.326. The van der Waals surface area contributed by atoms with Crippen molar-refractivity contribution in [1.82, 2.24) is 5.43 Å². The highest BCUT2D eigenvalue weighted by atomic mass is 79.9. The lowest BCUT2D eigenvalue weighted by atomic mass is 10.2. The normalized spacial score (nSPS) is 10.7. The van der Waals surface area contributed by atoms with Crippen LogP contribution < -0.4 is 14.9 Å². The molecular weight excluding hydrogens is 508 g/mol. The quantitative estimate of drug-likeness (QED) is 0.131. The van der Waals surface area contributed by atoms with Gasteiger partial charge >= 0.3 is 5.97 Å². The number of carbonyl (C=O) groups is 2. The van der Waals surface area contributed by atoms with Gasteiger partial charge in [0, 0.05) is 10.0 Å². The molecule has 0 radical (unpaired) electrons. The molecule has 0 saturated heterocycles. The average molecular weight is 529 g/mol. The topological polar surface area (TPSA) is 77.0 Å². The van der Waals surface area contributed by atoms with Gasteiger partial charge in [0.05, 0.1) is 17.3 Å². The number of esters is 1. The molecule has 0 aliphatic heterocycles. The smallest absolute Gasteiger partial charge is 0.343 e. The van der Waals surface area contributed by atoms with Crippen molar-refractivity contribution in [2.24, 2.45) is 5.10 Å². The molecule has 4 aromatic carbocycles. The van der Waals surface area contributed by atoms with Gasteiger partial charge in [0.15, 0.2) is 0 Å². The first kappa shape index (κ1) is 23.9. The molecule has 6 nitrogen and oxygen atoms in total. The zero-order valence-corrected chi connectivity index (χ0v) is 20.1. The summed E-state index contributed by atoms with van der Waals surface area (Å²) in [6.07, 6.45) is 1.42. The van der Waals surface area contributed by atoms with Crippen molar-refractivity contribution < 1.29 is 19.1 Å². The highest BCUT2D eigenvalue weighted by Crippen LogP contribution is 2.24. The van der Waals surface area contributed by atoms with Gasteiger partial charge < -0.3 is 9.47 Å². The van der Waals surface area contributed by atoms with Crippen LogP contribution in [0.1, 0.15) is 31.8 Å². The van der Waals surface area contributed by atoms with Crippen molar-refractivity contribution in [3.8, 4) is 11.5 Å². The Morgan fingerprint density at radius 1 is 0.829 bits per heavy atom. The lowest BCUT2D eigenvalue weighted by Gasteiger charge is -2.11. The van der Waals surface area contributed by atoms with Crippen molar-refractivity contribution in [2.75, 3.05) is 0 Å². The molecule has 4 aromatic rings. The van der Waals surface area contributed by atoms with Gasteiger partial charge in [-0.1, -0.05) is 76.6 Å². The lowest BCUT2D eigenvalue weighted by molar-refractivity contribution is 0.0734. The molecule has 35 heavy (non-hydrogen) atoms. The molecule has 7 heteroatoms. The van der Waals surface area contributed by atoms with Gasteiger partial charge in [0.2, 0.25) is 0 Å². The zero-order valence-electron chi connectivity index (χ0n) is 18.6. The number of rotatable bonds is 8. The van der Waals surface area contributed by atoms with Gasteiger partial charge in [-0.25, -0.2) is 10.2 Å². The molecule has 0 aliphatic rings. The first-order chi connectivity index (χ1) is 17.1. The van der Waals surface area contributed by atoms with Gasteiger partial charge in [0.25, 0.3) is 5.91 Å². The van der Waals surface area contributed by atoms with E-state index in [2.05, 4.69) is 26.5 Å². The molecule has 0 unspecified atom stereocenters. The van der Waals surface area contributed by atoms with Gasteiger partial charge in [0.1, 0.15) is 18.1 Å². The highest BCUT2D eigenvalue weighted by Gasteiger charge is 2.14. The van der Waals surface area contributed by atoms with Crippen LogP contribution in [0.3, 0.4) is 0 Å². The summed E-state index contributed by atoms with van der Waals surface area (Å²) in [7, 11) is 0. The van der Waals surface area contributed by atoms with E-state index >= 15 is 0 Å². The fourth-order valence-corrected chi connectivity index (χ4v) is 3.54. The van der Waals surface area contributed by atoms with Crippen molar-refractivity contribution in [3.05, 3.63) is 130 Å². The number of hydrogen-bond donors (Lipinski definition) is 1. The average Bonchev–Trinajstić information content (AvgIpc) is 2.90. The van der Waals surface area contributed by atoms with Crippen molar-refractivity contribution in [3.63, 3.8) is 0 Å². The fourth-order valence-electron chi connectivity index (χ4n) is 3.17. The maximum Gasteiger partial charge on any atom is 0.343 e. The molecule has 1 N–H and O–H groups in total. The summed E-state index contributed by atoms with van der Waals surface area (Å²) < 4.78 is 12.1. The molecule has 0 spiro atoms. The van der Waals surface area contributed by atoms with E-state index in [9.17, 15) is 9.59 Å². The minimum Gasteiger partial charge on any atom is -0.488 e. The lowest BCUT2D eigenvalue weighted by Crippen LogP contribution is -2.19. The molecule has 1 amide bonds. The van der Waals surface area contributed by atoms with E-state index in [0.717, 1.165) is 10.0 Å². The molecule has 0 saturated carbocycles. The van der Waals surface area contributed by atoms with E-state index < -0.39 is 11.9 Å². The number of hydrogen-bond acceptors (Lipinski definition) is 5. The number of nitrogens with zero attached hydrogens (tertiary/aromatic N) is 1. The third-order valence-corrected chi connectivity index (χ3v) is 5.42. The van der Waals surface area contributed by atoms with E-state index in [1.165, 1.54) is 6.21 Å². The zero-order chi connectivity index (χ0) is 24.5. The van der Waals surface area contributed by atoms with Crippen molar-refractivity contribution in [1.29, 1.82) is 0 Å². The monoisotopic (exact) mass is 528 g/mol. The van der Waals surface area contributed by atoms with Crippen LogP contribution in [0, 0.1) is 0 Å². The van der Waals surface area contributed by atoms with Crippen LogP contribution >= 0.6 is 15.9 Å². The standard InChI is InChI=1S/C28H21BrN2O4/c29-23-15-16-26(34-19-20-9-3-1-4-10-20)24(17-23)27(32)31-30-18-22-13-7-8-14-25(22)35-28(33)21-11-5-2-6-12-21/h1-18H,19H2,(H,31,32)/b30-18-. The molecule has 0 atom stereocenters. The van der Waals surface area contributed by atoms with Crippen LogP contribution in [-0.4, -0.2) is 18.1 Å². The Labute approximate surface area is 211 Å². The van der Waals surface area contributed by atoms with Crippen LogP contribution in [0.4, 0.5) is 0 Å². The SMILES string of the molecule is O=C(Oc1ccccc1/C=N\NC(=O)c1cc(Br)ccc1OCc1ccccc1)c1ccccc1. The maximum absolute atomic E-state index is 12.9. The summed E-state index contributed by atoms with van der Waals surface area (Å²) in [5.41, 5.74) is 4.80. The summed E-state index contributed by atoms with van der Waals surface area (Å²) in [4.78, 5) is 25.3. The molecule has 0 fully saturated rings. The van der Waals surface area contributed by atoms with Gasteiger partial charge in [-0.3, -0.25) is 4.79 Å². The second-order valence-corrected chi connectivity index (χ2v) is 8.32.